The van der Waals surface area contributed by atoms with Gasteiger partial charge in [0.2, 0.25) is 5.91 Å². The highest BCUT2D eigenvalue weighted by atomic mass is 35.5. The van der Waals surface area contributed by atoms with Crippen LogP contribution in [0.3, 0.4) is 0 Å². The SMILES string of the molecule is N[C@H]1CC[C@@H](C(=O)Nc2cc3cc[nH]c(=O)c3cc2Cl)CC1. The molecule has 1 aromatic carbocycles. The molecule has 0 radical (unpaired) electrons. The van der Waals surface area contributed by atoms with E-state index in [2.05, 4.69) is 10.3 Å². The Bertz CT molecular complexity index is 764. The molecule has 22 heavy (non-hydrogen) atoms. The van der Waals surface area contributed by atoms with E-state index < -0.39 is 0 Å². The molecule has 0 bridgehead atoms. The summed E-state index contributed by atoms with van der Waals surface area (Å²) in [6, 6.07) is 5.31. The maximum absolute atomic E-state index is 12.4. The molecule has 3 rings (SSSR count). The summed E-state index contributed by atoms with van der Waals surface area (Å²) in [5.41, 5.74) is 6.21. The molecule has 1 aromatic heterocycles. The lowest BCUT2D eigenvalue weighted by Crippen LogP contribution is -2.32. The van der Waals surface area contributed by atoms with Crippen LogP contribution >= 0.6 is 11.6 Å². The molecule has 2 aromatic rings. The summed E-state index contributed by atoms with van der Waals surface area (Å²) >= 11 is 6.19. The molecule has 1 aliphatic rings. The van der Waals surface area contributed by atoms with Gasteiger partial charge in [0.15, 0.2) is 0 Å². The molecule has 1 amide bonds. The minimum Gasteiger partial charge on any atom is -0.329 e. The van der Waals surface area contributed by atoms with Crippen LogP contribution in [0.4, 0.5) is 5.69 Å². The van der Waals surface area contributed by atoms with Crippen molar-refractivity contribution in [3.63, 3.8) is 0 Å². The van der Waals surface area contributed by atoms with Crippen LogP contribution in [-0.4, -0.2) is 16.9 Å². The first-order valence-corrected chi connectivity index (χ1v) is 7.80. The molecule has 1 heterocycles. The maximum atomic E-state index is 12.4. The van der Waals surface area contributed by atoms with Gasteiger partial charge in [0.25, 0.3) is 5.56 Å². The van der Waals surface area contributed by atoms with Gasteiger partial charge in [-0.15, -0.1) is 0 Å². The van der Waals surface area contributed by atoms with Crippen LogP contribution in [0.1, 0.15) is 25.7 Å². The zero-order valence-electron chi connectivity index (χ0n) is 12.1. The molecule has 0 atom stereocenters. The number of nitrogens with one attached hydrogen (secondary N) is 2. The Hall–Kier alpha value is -1.85. The molecule has 1 saturated carbocycles. The number of pyridine rings is 1. The number of amides is 1. The largest absolute Gasteiger partial charge is 0.329 e. The van der Waals surface area contributed by atoms with Gasteiger partial charge in [0.05, 0.1) is 10.7 Å². The Morgan fingerprint density at radius 2 is 2.00 bits per heavy atom. The number of nitrogens with two attached hydrogens (primary N) is 1. The van der Waals surface area contributed by atoms with Crippen molar-refractivity contribution in [2.24, 2.45) is 11.7 Å². The van der Waals surface area contributed by atoms with Crippen LogP contribution in [0, 0.1) is 5.92 Å². The number of anilines is 1. The van der Waals surface area contributed by atoms with Crippen molar-refractivity contribution in [2.45, 2.75) is 31.7 Å². The highest BCUT2D eigenvalue weighted by Crippen LogP contribution is 2.29. The molecule has 0 spiro atoms. The van der Waals surface area contributed by atoms with E-state index in [-0.39, 0.29) is 23.4 Å². The number of fused-ring (bicyclic) bond motifs is 1. The molecule has 6 heteroatoms. The van der Waals surface area contributed by atoms with Crippen LogP contribution in [-0.2, 0) is 4.79 Å². The molecular formula is C16H18ClN3O2. The first kappa shape index (κ1) is 15.1. The van der Waals surface area contributed by atoms with E-state index in [4.69, 9.17) is 17.3 Å². The van der Waals surface area contributed by atoms with Crippen LogP contribution in [0.5, 0.6) is 0 Å². The van der Waals surface area contributed by atoms with Gasteiger partial charge in [-0.25, -0.2) is 0 Å². The third-order valence-electron chi connectivity index (χ3n) is 4.26. The standard InChI is InChI=1S/C16H18ClN3O2/c17-13-8-12-10(5-6-19-16(12)22)7-14(13)20-15(21)9-1-3-11(18)4-2-9/h5-9,11H,1-4,18H2,(H,19,22)(H,20,21)/t9-,11+. The smallest absolute Gasteiger partial charge is 0.255 e. The molecule has 116 valence electrons. The average molecular weight is 320 g/mol. The van der Waals surface area contributed by atoms with Gasteiger partial charge >= 0.3 is 0 Å². The fraction of sp³-hybridized carbons (Fsp3) is 0.375. The number of halogens is 1. The quantitative estimate of drug-likeness (QED) is 0.795. The lowest BCUT2D eigenvalue weighted by atomic mass is 9.86. The van der Waals surface area contributed by atoms with E-state index in [9.17, 15) is 9.59 Å². The van der Waals surface area contributed by atoms with Gasteiger partial charge in [-0.05, 0) is 49.3 Å². The first-order chi connectivity index (χ1) is 10.5. The predicted molar refractivity (Wildman–Crippen MR) is 88.1 cm³/mol. The van der Waals surface area contributed by atoms with Crippen LogP contribution in [0.2, 0.25) is 5.02 Å². The fourth-order valence-electron chi connectivity index (χ4n) is 2.92. The highest BCUT2D eigenvalue weighted by Gasteiger charge is 2.25. The third kappa shape index (κ3) is 3.00. The third-order valence-corrected chi connectivity index (χ3v) is 4.57. The number of carbonyl (C=O) groups is 1. The van der Waals surface area contributed by atoms with Crippen molar-refractivity contribution in [1.29, 1.82) is 0 Å². The second-order valence-corrected chi connectivity index (χ2v) is 6.23. The number of aromatic nitrogens is 1. The molecule has 0 saturated heterocycles. The fourth-order valence-corrected chi connectivity index (χ4v) is 3.13. The highest BCUT2D eigenvalue weighted by molar-refractivity contribution is 6.34. The van der Waals surface area contributed by atoms with Gasteiger partial charge in [-0.3, -0.25) is 9.59 Å². The Labute approximate surface area is 132 Å². The number of carbonyl (C=O) groups excluding carboxylic acids is 1. The molecule has 0 unspecified atom stereocenters. The van der Waals surface area contributed by atoms with E-state index in [1.165, 1.54) is 0 Å². The zero-order valence-corrected chi connectivity index (χ0v) is 12.8. The summed E-state index contributed by atoms with van der Waals surface area (Å²) in [7, 11) is 0. The van der Waals surface area contributed by atoms with Crippen LogP contribution in [0.15, 0.2) is 29.2 Å². The van der Waals surface area contributed by atoms with E-state index in [0.717, 1.165) is 31.1 Å². The Morgan fingerprint density at radius 3 is 2.73 bits per heavy atom. The van der Waals surface area contributed by atoms with Gasteiger partial charge in [-0.1, -0.05) is 11.6 Å². The second kappa shape index (κ2) is 6.10. The molecule has 1 fully saturated rings. The first-order valence-electron chi connectivity index (χ1n) is 7.42. The van der Waals surface area contributed by atoms with Gasteiger partial charge in [0.1, 0.15) is 0 Å². The minimum absolute atomic E-state index is 0.0225. The number of hydrogen-bond donors (Lipinski definition) is 3. The van der Waals surface area contributed by atoms with Crippen molar-refractivity contribution in [3.8, 4) is 0 Å². The Balaban J connectivity index is 1.83. The molecule has 5 nitrogen and oxygen atoms in total. The number of aromatic amines is 1. The normalized spacial score (nSPS) is 21.7. The van der Waals surface area contributed by atoms with Crippen molar-refractivity contribution in [2.75, 3.05) is 5.32 Å². The zero-order chi connectivity index (χ0) is 15.7. The topological polar surface area (TPSA) is 88.0 Å². The number of hydrogen-bond acceptors (Lipinski definition) is 3. The van der Waals surface area contributed by atoms with E-state index in [0.29, 0.717) is 16.1 Å². The molecular weight excluding hydrogens is 302 g/mol. The van der Waals surface area contributed by atoms with Crippen molar-refractivity contribution in [1.82, 2.24) is 4.98 Å². The Morgan fingerprint density at radius 1 is 1.27 bits per heavy atom. The van der Waals surface area contributed by atoms with Crippen molar-refractivity contribution >= 4 is 34.0 Å². The Kier molecular flexibility index (Phi) is 4.18. The van der Waals surface area contributed by atoms with E-state index >= 15 is 0 Å². The number of rotatable bonds is 2. The summed E-state index contributed by atoms with van der Waals surface area (Å²) in [4.78, 5) is 26.7. The monoisotopic (exact) mass is 319 g/mol. The van der Waals surface area contributed by atoms with Gasteiger partial charge in [0, 0.05) is 23.5 Å². The lowest BCUT2D eigenvalue weighted by molar-refractivity contribution is -0.120. The van der Waals surface area contributed by atoms with Crippen molar-refractivity contribution in [3.05, 3.63) is 39.8 Å². The number of benzene rings is 1. The van der Waals surface area contributed by atoms with Crippen LogP contribution < -0.4 is 16.6 Å². The van der Waals surface area contributed by atoms with Crippen molar-refractivity contribution < 1.29 is 4.79 Å². The summed E-state index contributed by atoms with van der Waals surface area (Å²) in [6.07, 6.45) is 4.93. The predicted octanol–water partition coefficient (Wildman–Crippen LogP) is 2.64. The summed E-state index contributed by atoms with van der Waals surface area (Å²) in [5, 5.41) is 4.50. The number of H-pyrrole nitrogens is 1. The van der Waals surface area contributed by atoms with Gasteiger partial charge < -0.3 is 16.0 Å². The summed E-state index contributed by atoms with van der Waals surface area (Å²) in [6.45, 7) is 0. The van der Waals surface area contributed by atoms with Crippen LogP contribution in [0.25, 0.3) is 10.8 Å². The maximum Gasteiger partial charge on any atom is 0.255 e. The summed E-state index contributed by atoms with van der Waals surface area (Å²) in [5.74, 6) is -0.0521. The molecule has 4 N–H and O–H groups in total. The summed E-state index contributed by atoms with van der Waals surface area (Å²) < 4.78 is 0. The second-order valence-electron chi connectivity index (χ2n) is 5.83. The van der Waals surface area contributed by atoms with E-state index in [1.807, 2.05) is 0 Å². The lowest BCUT2D eigenvalue weighted by Gasteiger charge is -2.25. The molecule has 0 aliphatic heterocycles. The van der Waals surface area contributed by atoms with E-state index in [1.54, 1.807) is 24.4 Å². The van der Waals surface area contributed by atoms with Gasteiger partial charge in [-0.2, -0.15) is 0 Å². The average Bonchev–Trinajstić information content (AvgIpc) is 2.50. The minimum atomic E-state index is -0.196. The molecule has 1 aliphatic carbocycles.